The van der Waals surface area contributed by atoms with Gasteiger partial charge in [0.15, 0.2) is 0 Å². The number of hydrogen-bond acceptors (Lipinski definition) is 5. The lowest BCUT2D eigenvalue weighted by atomic mass is 10.0. The van der Waals surface area contributed by atoms with Gasteiger partial charge < -0.3 is 5.73 Å². The molecule has 0 spiro atoms. The van der Waals surface area contributed by atoms with Gasteiger partial charge in [-0.05, 0) is 59.0 Å². The smallest absolute Gasteiger partial charge is 0.239 e. The van der Waals surface area contributed by atoms with Crippen LogP contribution in [0.4, 0.5) is 0 Å². The van der Waals surface area contributed by atoms with Crippen LogP contribution in [-0.2, 0) is 17.8 Å². The van der Waals surface area contributed by atoms with Gasteiger partial charge in [0, 0.05) is 43.7 Å². The van der Waals surface area contributed by atoms with Gasteiger partial charge in [-0.2, -0.15) is 0 Å². The number of nitrogens with two attached hydrogens (primary N) is 1. The van der Waals surface area contributed by atoms with E-state index in [0.29, 0.717) is 6.54 Å². The third-order valence-corrected chi connectivity index (χ3v) is 3.97. The first-order valence-corrected chi connectivity index (χ1v) is 7.97. The zero-order chi connectivity index (χ0) is 17.5. The monoisotopic (exact) mass is 333 g/mol. The van der Waals surface area contributed by atoms with Crippen molar-refractivity contribution in [2.24, 2.45) is 5.73 Å². The maximum Gasteiger partial charge on any atom is 0.239 e. The summed E-state index contributed by atoms with van der Waals surface area (Å²) in [6, 6.07) is 8.92. The first-order chi connectivity index (χ1) is 12.2. The SMILES string of the molecule is NC(=O)C(NCc1ccncc1Cc1ccncc1)c1ccncc1. The number of nitrogens with zero attached hydrogens (tertiary/aromatic N) is 3. The van der Waals surface area contributed by atoms with Crippen LogP contribution in [0.15, 0.2) is 67.5 Å². The van der Waals surface area contributed by atoms with Gasteiger partial charge in [-0.25, -0.2) is 0 Å². The number of carbonyl (C=O) groups excluding carboxylic acids is 1. The maximum absolute atomic E-state index is 11.8. The number of amides is 1. The molecule has 0 saturated carbocycles. The Balaban J connectivity index is 1.75. The Morgan fingerprint density at radius 3 is 2.24 bits per heavy atom. The predicted octanol–water partition coefficient (Wildman–Crippen LogP) is 1.78. The quantitative estimate of drug-likeness (QED) is 0.687. The summed E-state index contributed by atoms with van der Waals surface area (Å²) in [5.41, 5.74) is 9.68. The van der Waals surface area contributed by atoms with Crippen LogP contribution in [0.25, 0.3) is 0 Å². The summed E-state index contributed by atoms with van der Waals surface area (Å²) in [7, 11) is 0. The molecular weight excluding hydrogens is 314 g/mol. The molecule has 3 heterocycles. The molecule has 3 rings (SSSR count). The lowest BCUT2D eigenvalue weighted by Crippen LogP contribution is -2.33. The molecule has 0 fully saturated rings. The van der Waals surface area contributed by atoms with Gasteiger partial charge in [0.25, 0.3) is 0 Å². The van der Waals surface area contributed by atoms with Crippen molar-refractivity contribution >= 4 is 5.91 Å². The Morgan fingerprint density at radius 1 is 0.920 bits per heavy atom. The van der Waals surface area contributed by atoms with Crippen LogP contribution in [0.5, 0.6) is 0 Å². The Kier molecular flexibility index (Phi) is 5.43. The summed E-state index contributed by atoms with van der Waals surface area (Å²) >= 11 is 0. The van der Waals surface area contributed by atoms with Crippen molar-refractivity contribution in [3.63, 3.8) is 0 Å². The summed E-state index contributed by atoms with van der Waals surface area (Å²) < 4.78 is 0. The fourth-order valence-corrected chi connectivity index (χ4v) is 2.66. The van der Waals surface area contributed by atoms with Crippen LogP contribution in [0.3, 0.4) is 0 Å². The van der Waals surface area contributed by atoms with Crippen LogP contribution < -0.4 is 11.1 Å². The van der Waals surface area contributed by atoms with Gasteiger partial charge in [-0.15, -0.1) is 0 Å². The van der Waals surface area contributed by atoms with Crippen LogP contribution in [0, 0.1) is 0 Å². The molecule has 1 unspecified atom stereocenters. The predicted molar refractivity (Wildman–Crippen MR) is 94.3 cm³/mol. The highest BCUT2D eigenvalue weighted by Crippen LogP contribution is 2.16. The molecular formula is C19H19N5O. The summed E-state index contributed by atoms with van der Waals surface area (Å²) in [4.78, 5) is 24.0. The van der Waals surface area contributed by atoms with Gasteiger partial charge in [-0.3, -0.25) is 25.1 Å². The van der Waals surface area contributed by atoms with Gasteiger partial charge >= 0.3 is 0 Å². The highest BCUT2D eigenvalue weighted by Gasteiger charge is 2.17. The normalized spacial score (nSPS) is 11.8. The van der Waals surface area contributed by atoms with Crippen molar-refractivity contribution in [2.75, 3.05) is 0 Å². The molecule has 0 aliphatic heterocycles. The van der Waals surface area contributed by atoms with Gasteiger partial charge in [0.1, 0.15) is 6.04 Å². The van der Waals surface area contributed by atoms with Crippen LogP contribution in [0.1, 0.15) is 28.3 Å². The number of pyridine rings is 3. The summed E-state index contributed by atoms with van der Waals surface area (Å²) in [6.45, 7) is 0.513. The van der Waals surface area contributed by atoms with E-state index in [-0.39, 0.29) is 0 Å². The van der Waals surface area contributed by atoms with E-state index in [2.05, 4.69) is 20.3 Å². The molecule has 1 amide bonds. The number of primary amides is 1. The number of hydrogen-bond donors (Lipinski definition) is 2. The minimum Gasteiger partial charge on any atom is -0.368 e. The molecule has 1 atom stereocenters. The molecule has 3 aromatic heterocycles. The van der Waals surface area contributed by atoms with Gasteiger partial charge in [0.05, 0.1) is 0 Å². The van der Waals surface area contributed by atoms with Crippen molar-refractivity contribution in [1.82, 2.24) is 20.3 Å². The van der Waals surface area contributed by atoms with E-state index in [1.54, 1.807) is 43.1 Å². The number of nitrogens with one attached hydrogen (secondary N) is 1. The van der Waals surface area contributed by atoms with E-state index in [1.165, 1.54) is 0 Å². The van der Waals surface area contributed by atoms with Crippen molar-refractivity contribution in [1.29, 1.82) is 0 Å². The van der Waals surface area contributed by atoms with E-state index < -0.39 is 11.9 Å². The zero-order valence-electron chi connectivity index (χ0n) is 13.7. The lowest BCUT2D eigenvalue weighted by Gasteiger charge is -2.17. The average molecular weight is 333 g/mol. The highest BCUT2D eigenvalue weighted by molar-refractivity contribution is 5.81. The summed E-state index contributed by atoms with van der Waals surface area (Å²) in [5, 5.41) is 3.24. The summed E-state index contributed by atoms with van der Waals surface area (Å²) in [6.07, 6.45) is 11.2. The maximum atomic E-state index is 11.8. The lowest BCUT2D eigenvalue weighted by molar-refractivity contribution is -0.120. The topological polar surface area (TPSA) is 93.8 Å². The average Bonchev–Trinajstić information content (AvgIpc) is 2.65. The van der Waals surface area contributed by atoms with E-state index >= 15 is 0 Å². The second-order valence-electron chi connectivity index (χ2n) is 5.67. The molecule has 0 radical (unpaired) electrons. The molecule has 3 aromatic rings. The van der Waals surface area contributed by atoms with Crippen molar-refractivity contribution in [3.05, 3.63) is 89.8 Å². The fraction of sp³-hybridized carbons (Fsp3) is 0.158. The third kappa shape index (κ3) is 4.45. The second-order valence-corrected chi connectivity index (χ2v) is 5.67. The van der Waals surface area contributed by atoms with Crippen molar-refractivity contribution in [2.45, 2.75) is 19.0 Å². The first kappa shape index (κ1) is 16.7. The molecule has 0 aliphatic carbocycles. The second kappa shape index (κ2) is 8.12. The summed E-state index contributed by atoms with van der Waals surface area (Å²) in [5.74, 6) is -0.420. The van der Waals surface area contributed by atoms with E-state index in [4.69, 9.17) is 5.73 Å². The Morgan fingerprint density at radius 2 is 1.56 bits per heavy atom. The number of aromatic nitrogens is 3. The van der Waals surface area contributed by atoms with E-state index in [1.807, 2.05) is 24.4 Å². The number of rotatable bonds is 7. The van der Waals surface area contributed by atoms with Crippen molar-refractivity contribution < 1.29 is 4.79 Å². The molecule has 6 heteroatoms. The largest absolute Gasteiger partial charge is 0.368 e. The highest BCUT2D eigenvalue weighted by atomic mass is 16.1. The molecule has 0 bridgehead atoms. The minimum atomic E-state index is -0.565. The first-order valence-electron chi connectivity index (χ1n) is 7.97. The van der Waals surface area contributed by atoms with E-state index in [9.17, 15) is 4.79 Å². The van der Waals surface area contributed by atoms with Crippen LogP contribution >= 0.6 is 0 Å². The molecule has 0 saturated heterocycles. The minimum absolute atomic E-state index is 0.420. The molecule has 3 N–H and O–H groups in total. The number of carbonyl (C=O) groups is 1. The van der Waals surface area contributed by atoms with Crippen LogP contribution in [-0.4, -0.2) is 20.9 Å². The Hall–Kier alpha value is -3.12. The van der Waals surface area contributed by atoms with Crippen LogP contribution in [0.2, 0.25) is 0 Å². The standard InChI is InChI=1S/C19H19N5O/c20-19(25)18(15-3-8-22-9-4-15)24-13-16-5-10-23-12-17(16)11-14-1-6-21-7-2-14/h1-10,12,18,24H,11,13H2,(H2,20,25). The third-order valence-electron chi connectivity index (χ3n) is 3.97. The molecule has 0 aromatic carbocycles. The molecule has 25 heavy (non-hydrogen) atoms. The van der Waals surface area contributed by atoms with Gasteiger partial charge in [-0.1, -0.05) is 0 Å². The van der Waals surface area contributed by atoms with E-state index in [0.717, 1.165) is 28.7 Å². The molecule has 6 nitrogen and oxygen atoms in total. The Bertz CT molecular complexity index is 823. The zero-order valence-corrected chi connectivity index (χ0v) is 13.7. The fourth-order valence-electron chi connectivity index (χ4n) is 2.66. The Labute approximate surface area is 146 Å². The van der Waals surface area contributed by atoms with Crippen molar-refractivity contribution in [3.8, 4) is 0 Å². The molecule has 0 aliphatic rings. The van der Waals surface area contributed by atoms with Gasteiger partial charge in [0.2, 0.25) is 5.91 Å². The molecule has 126 valence electrons.